The van der Waals surface area contributed by atoms with Crippen molar-refractivity contribution in [2.24, 2.45) is 0 Å². The van der Waals surface area contributed by atoms with Crippen LogP contribution < -0.4 is 4.72 Å². The quantitative estimate of drug-likeness (QED) is 0.536. The number of carbonyl (C=O) groups excluding carboxylic acids is 1. The molecule has 3 aromatic rings. The molecule has 0 spiro atoms. The standard InChI is InChI=1S/C21H21FN4O4S/c22-16-10-8-15(9-11-16)20-24-21(30-25-20)17-5-1-2-6-18(17)31(28,29)23-12-4-14-26-13-3-7-19(26)27/h1-2,5-6,8-11,23H,3-4,7,12-14H2. The first-order valence-corrected chi connectivity index (χ1v) is 11.4. The third kappa shape index (κ3) is 4.80. The number of amides is 1. The van der Waals surface area contributed by atoms with E-state index in [2.05, 4.69) is 14.9 Å². The van der Waals surface area contributed by atoms with Crippen LogP contribution in [0.1, 0.15) is 19.3 Å². The molecule has 1 aromatic heterocycles. The summed E-state index contributed by atoms with van der Waals surface area (Å²) < 4.78 is 46.7. The first-order chi connectivity index (χ1) is 14.9. The minimum absolute atomic E-state index is 0.0153. The van der Waals surface area contributed by atoms with Crippen molar-refractivity contribution in [3.63, 3.8) is 0 Å². The maximum absolute atomic E-state index is 13.1. The van der Waals surface area contributed by atoms with Crippen LogP contribution in [0.4, 0.5) is 4.39 Å². The predicted molar refractivity (Wildman–Crippen MR) is 111 cm³/mol. The fraction of sp³-hybridized carbons (Fsp3) is 0.286. The molecule has 1 N–H and O–H groups in total. The number of halogens is 1. The maximum Gasteiger partial charge on any atom is 0.259 e. The van der Waals surface area contributed by atoms with Crippen molar-refractivity contribution < 1.29 is 22.1 Å². The van der Waals surface area contributed by atoms with E-state index in [1.54, 1.807) is 23.1 Å². The Labute approximate surface area is 179 Å². The molecule has 0 radical (unpaired) electrons. The SMILES string of the molecule is O=C1CCCN1CCCNS(=O)(=O)c1ccccc1-c1nc(-c2ccc(F)cc2)no1. The average molecular weight is 444 g/mol. The lowest BCUT2D eigenvalue weighted by molar-refractivity contribution is -0.127. The van der Waals surface area contributed by atoms with Crippen LogP contribution in [0.25, 0.3) is 22.8 Å². The largest absolute Gasteiger partial charge is 0.343 e. The summed E-state index contributed by atoms with van der Waals surface area (Å²) in [6.45, 7) is 1.45. The Balaban J connectivity index is 1.49. The molecule has 162 valence electrons. The second-order valence-corrected chi connectivity index (χ2v) is 8.90. The molecular weight excluding hydrogens is 423 g/mol. The highest BCUT2D eigenvalue weighted by atomic mass is 32.2. The van der Waals surface area contributed by atoms with Crippen LogP contribution in [0, 0.1) is 5.82 Å². The van der Waals surface area contributed by atoms with E-state index < -0.39 is 10.0 Å². The Kier molecular flexibility index (Phi) is 6.10. The van der Waals surface area contributed by atoms with Crippen molar-refractivity contribution in [1.82, 2.24) is 19.8 Å². The van der Waals surface area contributed by atoms with Crippen LogP contribution in [0.3, 0.4) is 0 Å². The van der Waals surface area contributed by atoms with Crippen molar-refractivity contribution in [3.8, 4) is 22.8 Å². The highest BCUT2D eigenvalue weighted by Crippen LogP contribution is 2.28. The molecule has 1 saturated heterocycles. The normalized spacial score (nSPS) is 14.4. The van der Waals surface area contributed by atoms with Gasteiger partial charge in [-0.3, -0.25) is 4.79 Å². The monoisotopic (exact) mass is 444 g/mol. The number of nitrogens with zero attached hydrogens (tertiary/aromatic N) is 3. The van der Waals surface area contributed by atoms with Gasteiger partial charge in [-0.2, -0.15) is 4.98 Å². The Bertz CT molecular complexity index is 1180. The van der Waals surface area contributed by atoms with Gasteiger partial charge < -0.3 is 9.42 Å². The van der Waals surface area contributed by atoms with E-state index >= 15 is 0 Å². The first-order valence-electron chi connectivity index (χ1n) is 9.90. The van der Waals surface area contributed by atoms with Gasteiger partial charge in [-0.05, 0) is 49.2 Å². The van der Waals surface area contributed by atoms with Crippen LogP contribution in [-0.2, 0) is 14.8 Å². The van der Waals surface area contributed by atoms with Crippen LogP contribution in [-0.4, -0.2) is 49.0 Å². The van der Waals surface area contributed by atoms with Crippen LogP contribution in [0.15, 0.2) is 57.9 Å². The predicted octanol–water partition coefficient (Wildman–Crippen LogP) is 2.83. The maximum atomic E-state index is 13.1. The summed E-state index contributed by atoms with van der Waals surface area (Å²) in [5, 5.41) is 3.88. The summed E-state index contributed by atoms with van der Waals surface area (Å²) in [6.07, 6.45) is 1.92. The summed E-state index contributed by atoms with van der Waals surface area (Å²) in [5.41, 5.74) is 0.817. The molecular formula is C21H21FN4O4S. The third-order valence-corrected chi connectivity index (χ3v) is 6.52. The molecule has 0 saturated carbocycles. The number of nitrogens with one attached hydrogen (secondary N) is 1. The highest BCUT2D eigenvalue weighted by molar-refractivity contribution is 7.89. The lowest BCUT2D eigenvalue weighted by Crippen LogP contribution is -2.30. The van der Waals surface area contributed by atoms with E-state index in [1.807, 2.05) is 0 Å². The van der Waals surface area contributed by atoms with Gasteiger partial charge in [-0.15, -0.1) is 0 Å². The molecule has 0 aliphatic carbocycles. The lowest BCUT2D eigenvalue weighted by atomic mass is 10.2. The van der Waals surface area contributed by atoms with Gasteiger partial charge in [0.1, 0.15) is 5.82 Å². The molecule has 0 atom stereocenters. The number of sulfonamides is 1. The van der Waals surface area contributed by atoms with Crippen LogP contribution in [0.2, 0.25) is 0 Å². The second-order valence-electron chi connectivity index (χ2n) is 7.16. The van der Waals surface area contributed by atoms with Crippen molar-refractivity contribution in [1.29, 1.82) is 0 Å². The molecule has 8 nitrogen and oxygen atoms in total. The zero-order valence-electron chi connectivity index (χ0n) is 16.6. The van der Waals surface area contributed by atoms with Gasteiger partial charge in [0.15, 0.2) is 0 Å². The summed E-state index contributed by atoms with van der Waals surface area (Å²) in [4.78, 5) is 17.7. The lowest BCUT2D eigenvalue weighted by Gasteiger charge is -2.15. The molecule has 1 aliphatic rings. The van der Waals surface area contributed by atoms with E-state index in [0.717, 1.165) is 13.0 Å². The van der Waals surface area contributed by atoms with E-state index in [4.69, 9.17) is 4.52 Å². The topological polar surface area (TPSA) is 105 Å². The van der Waals surface area contributed by atoms with Crippen molar-refractivity contribution in [2.45, 2.75) is 24.2 Å². The number of hydrogen-bond acceptors (Lipinski definition) is 6. The zero-order chi connectivity index (χ0) is 21.8. The molecule has 2 aromatic carbocycles. The first kappa shape index (κ1) is 21.1. The molecule has 2 heterocycles. The smallest absolute Gasteiger partial charge is 0.259 e. The molecule has 4 rings (SSSR count). The van der Waals surface area contributed by atoms with Gasteiger partial charge in [0.05, 0.1) is 10.5 Å². The molecule has 1 amide bonds. The van der Waals surface area contributed by atoms with Gasteiger partial charge in [0, 0.05) is 31.6 Å². The summed E-state index contributed by atoms with van der Waals surface area (Å²) in [7, 11) is -3.84. The Morgan fingerprint density at radius 2 is 1.90 bits per heavy atom. The molecule has 1 aliphatic heterocycles. The fourth-order valence-electron chi connectivity index (χ4n) is 3.42. The van der Waals surface area contributed by atoms with E-state index in [1.165, 1.54) is 30.3 Å². The number of hydrogen-bond donors (Lipinski definition) is 1. The number of likely N-dealkylation sites (tertiary alicyclic amines) is 1. The minimum atomic E-state index is -3.84. The Morgan fingerprint density at radius 1 is 1.13 bits per heavy atom. The zero-order valence-corrected chi connectivity index (χ0v) is 17.4. The second kappa shape index (κ2) is 8.94. The number of benzene rings is 2. The molecule has 10 heteroatoms. The van der Waals surface area contributed by atoms with Gasteiger partial charge in [-0.25, -0.2) is 17.5 Å². The van der Waals surface area contributed by atoms with E-state index in [0.29, 0.717) is 24.9 Å². The van der Waals surface area contributed by atoms with Gasteiger partial charge in [0.25, 0.3) is 5.89 Å². The number of rotatable bonds is 8. The summed E-state index contributed by atoms with van der Waals surface area (Å²) in [5.74, 6) is -0.000891. The fourth-order valence-corrected chi connectivity index (χ4v) is 4.69. The third-order valence-electron chi connectivity index (χ3n) is 5.00. The van der Waals surface area contributed by atoms with Crippen LogP contribution >= 0.6 is 0 Å². The Hall–Kier alpha value is -3.11. The van der Waals surface area contributed by atoms with Crippen molar-refractivity contribution in [2.75, 3.05) is 19.6 Å². The van der Waals surface area contributed by atoms with E-state index in [-0.39, 0.29) is 40.4 Å². The van der Waals surface area contributed by atoms with Gasteiger partial charge >= 0.3 is 0 Å². The Morgan fingerprint density at radius 3 is 2.65 bits per heavy atom. The average Bonchev–Trinajstić information content (AvgIpc) is 3.41. The molecule has 0 bridgehead atoms. The summed E-state index contributed by atoms with van der Waals surface area (Å²) in [6, 6.07) is 11.9. The molecule has 1 fully saturated rings. The molecule has 31 heavy (non-hydrogen) atoms. The van der Waals surface area contributed by atoms with Crippen molar-refractivity contribution >= 4 is 15.9 Å². The number of carbonyl (C=O) groups is 1. The van der Waals surface area contributed by atoms with Crippen molar-refractivity contribution in [3.05, 3.63) is 54.3 Å². The minimum Gasteiger partial charge on any atom is -0.343 e. The highest BCUT2D eigenvalue weighted by Gasteiger charge is 2.23. The van der Waals surface area contributed by atoms with Gasteiger partial charge in [0.2, 0.25) is 21.8 Å². The number of aromatic nitrogens is 2. The van der Waals surface area contributed by atoms with Gasteiger partial charge in [-0.1, -0.05) is 17.3 Å². The van der Waals surface area contributed by atoms with Crippen LogP contribution in [0.5, 0.6) is 0 Å². The molecule has 0 unspecified atom stereocenters. The van der Waals surface area contributed by atoms with E-state index in [9.17, 15) is 17.6 Å². The summed E-state index contributed by atoms with van der Waals surface area (Å²) >= 11 is 0.